The third kappa shape index (κ3) is 2.51. The second-order valence-electron chi connectivity index (χ2n) is 7.03. The maximum atomic E-state index is 3.97. The highest BCUT2D eigenvalue weighted by atomic mass is 15.2. The van der Waals surface area contributed by atoms with Crippen molar-refractivity contribution in [3.8, 4) is 0 Å². The maximum Gasteiger partial charge on any atom is 0.0241 e. The molecule has 0 spiro atoms. The second kappa shape index (κ2) is 5.50. The van der Waals surface area contributed by atoms with Crippen molar-refractivity contribution in [2.45, 2.75) is 63.7 Å². The van der Waals surface area contributed by atoms with Crippen molar-refractivity contribution >= 4 is 0 Å². The summed E-state index contributed by atoms with van der Waals surface area (Å²) in [6.45, 7) is 3.54. The minimum Gasteiger partial charge on any atom is -0.310 e. The van der Waals surface area contributed by atoms with Gasteiger partial charge in [0.1, 0.15) is 0 Å². The molecule has 1 aromatic rings. The van der Waals surface area contributed by atoms with Gasteiger partial charge in [0.15, 0.2) is 0 Å². The number of nitrogens with one attached hydrogen (secondary N) is 1. The predicted molar refractivity (Wildman–Crippen MR) is 82.5 cm³/mol. The summed E-state index contributed by atoms with van der Waals surface area (Å²) in [7, 11) is 0. The highest BCUT2D eigenvalue weighted by molar-refractivity contribution is 5.30. The molecule has 1 aromatic carbocycles. The number of benzene rings is 1. The summed E-state index contributed by atoms with van der Waals surface area (Å²) in [6.07, 6.45) is 8.64. The summed E-state index contributed by atoms with van der Waals surface area (Å²) in [6, 6.07) is 10.5. The largest absolute Gasteiger partial charge is 0.310 e. The van der Waals surface area contributed by atoms with Crippen LogP contribution >= 0.6 is 0 Å². The third-order valence-corrected chi connectivity index (χ3v) is 5.63. The summed E-state index contributed by atoms with van der Waals surface area (Å²) in [5.74, 6) is 0.982. The highest BCUT2D eigenvalue weighted by Crippen LogP contribution is 2.33. The molecule has 0 bridgehead atoms. The van der Waals surface area contributed by atoms with Crippen molar-refractivity contribution in [2.24, 2.45) is 5.92 Å². The molecule has 20 heavy (non-hydrogen) atoms. The first-order valence-corrected chi connectivity index (χ1v) is 8.44. The van der Waals surface area contributed by atoms with Crippen molar-refractivity contribution < 1.29 is 0 Å². The number of rotatable bonds is 2. The van der Waals surface area contributed by atoms with E-state index in [4.69, 9.17) is 0 Å². The molecule has 0 amide bonds. The Morgan fingerprint density at radius 1 is 0.950 bits per heavy atom. The Morgan fingerprint density at radius 2 is 1.70 bits per heavy atom. The quantitative estimate of drug-likeness (QED) is 0.887. The monoisotopic (exact) mass is 270 g/mol. The lowest BCUT2D eigenvalue weighted by Gasteiger charge is -2.41. The van der Waals surface area contributed by atoms with Gasteiger partial charge >= 0.3 is 0 Å². The van der Waals surface area contributed by atoms with E-state index in [2.05, 4.69) is 34.5 Å². The van der Waals surface area contributed by atoms with Gasteiger partial charge in [0.25, 0.3) is 0 Å². The van der Waals surface area contributed by atoms with E-state index < -0.39 is 0 Å². The van der Waals surface area contributed by atoms with Gasteiger partial charge < -0.3 is 5.32 Å². The number of hydrogen-bond acceptors (Lipinski definition) is 2. The molecule has 108 valence electrons. The number of fused-ring (bicyclic) bond motifs is 2. The van der Waals surface area contributed by atoms with Gasteiger partial charge in [0.05, 0.1) is 0 Å². The van der Waals surface area contributed by atoms with Gasteiger partial charge in [0, 0.05) is 31.7 Å². The summed E-state index contributed by atoms with van der Waals surface area (Å²) >= 11 is 0. The Kier molecular flexibility index (Phi) is 3.53. The SMILES string of the molecule is c1ccc2c(c1)CN(CC1CCC3CCCCC3N1)C2. The molecule has 0 aromatic heterocycles. The molecule has 2 heterocycles. The zero-order valence-corrected chi connectivity index (χ0v) is 12.4. The second-order valence-corrected chi connectivity index (χ2v) is 7.03. The number of piperidine rings is 1. The first kappa shape index (κ1) is 12.8. The van der Waals surface area contributed by atoms with Crippen molar-refractivity contribution in [1.82, 2.24) is 10.2 Å². The van der Waals surface area contributed by atoms with E-state index in [-0.39, 0.29) is 0 Å². The average Bonchev–Trinajstić information content (AvgIpc) is 2.89. The fourth-order valence-electron chi connectivity index (χ4n) is 4.56. The van der Waals surface area contributed by atoms with Crippen LogP contribution in [0.2, 0.25) is 0 Å². The average molecular weight is 270 g/mol. The topological polar surface area (TPSA) is 15.3 Å². The highest BCUT2D eigenvalue weighted by Gasteiger charge is 2.32. The third-order valence-electron chi connectivity index (χ3n) is 5.63. The van der Waals surface area contributed by atoms with E-state index in [1.807, 2.05) is 0 Å². The molecule has 3 aliphatic rings. The number of hydrogen-bond donors (Lipinski definition) is 1. The first-order chi connectivity index (χ1) is 9.88. The lowest BCUT2D eigenvalue weighted by molar-refractivity contribution is 0.143. The Balaban J connectivity index is 1.35. The Morgan fingerprint density at radius 3 is 2.50 bits per heavy atom. The smallest absolute Gasteiger partial charge is 0.0241 e. The van der Waals surface area contributed by atoms with Crippen LogP contribution in [0.3, 0.4) is 0 Å². The predicted octanol–water partition coefficient (Wildman–Crippen LogP) is 3.31. The molecule has 3 atom stereocenters. The fraction of sp³-hybridized carbons (Fsp3) is 0.667. The van der Waals surface area contributed by atoms with Crippen molar-refractivity contribution in [1.29, 1.82) is 0 Å². The van der Waals surface area contributed by atoms with Crippen molar-refractivity contribution in [3.05, 3.63) is 35.4 Å². The first-order valence-electron chi connectivity index (χ1n) is 8.44. The lowest BCUT2D eigenvalue weighted by Crippen LogP contribution is -2.52. The molecule has 4 rings (SSSR count). The van der Waals surface area contributed by atoms with Gasteiger partial charge in [-0.2, -0.15) is 0 Å². The molecule has 2 nitrogen and oxygen atoms in total. The van der Waals surface area contributed by atoms with Gasteiger partial charge in [-0.3, -0.25) is 4.90 Å². The van der Waals surface area contributed by atoms with Gasteiger partial charge in [0.2, 0.25) is 0 Å². The van der Waals surface area contributed by atoms with E-state index in [1.165, 1.54) is 45.1 Å². The van der Waals surface area contributed by atoms with Crippen LogP contribution in [0.15, 0.2) is 24.3 Å². The lowest BCUT2D eigenvalue weighted by atomic mass is 9.78. The van der Waals surface area contributed by atoms with E-state index >= 15 is 0 Å². The standard InChI is InChI=1S/C18H26N2/c1-2-7-16-12-20(11-15(16)6-1)13-17-10-9-14-5-3-4-8-18(14)19-17/h1-2,6-7,14,17-19H,3-5,8-13H2. The minimum atomic E-state index is 0.726. The summed E-state index contributed by atoms with van der Waals surface area (Å²) < 4.78 is 0. The molecule has 2 heteroatoms. The van der Waals surface area contributed by atoms with Gasteiger partial charge in [-0.05, 0) is 42.7 Å². The molecule has 0 radical (unpaired) electrons. The van der Waals surface area contributed by atoms with Crippen molar-refractivity contribution in [2.75, 3.05) is 6.54 Å². The molecule has 1 saturated carbocycles. The van der Waals surface area contributed by atoms with E-state index in [0.29, 0.717) is 0 Å². The Bertz CT molecular complexity index is 445. The normalized spacial score (nSPS) is 33.7. The van der Waals surface area contributed by atoms with E-state index in [1.54, 1.807) is 11.1 Å². The van der Waals surface area contributed by atoms with Crippen LogP contribution in [0.4, 0.5) is 0 Å². The summed E-state index contributed by atoms with van der Waals surface area (Å²) in [5.41, 5.74) is 3.08. The van der Waals surface area contributed by atoms with Crippen LogP contribution in [-0.4, -0.2) is 23.5 Å². The molecular formula is C18H26N2. The van der Waals surface area contributed by atoms with E-state index in [9.17, 15) is 0 Å². The van der Waals surface area contributed by atoms with Crippen LogP contribution in [-0.2, 0) is 13.1 Å². The van der Waals surface area contributed by atoms with Gasteiger partial charge in [-0.1, -0.05) is 37.1 Å². The van der Waals surface area contributed by atoms with Crippen LogP contribution in [0.25, 0.3) is 0 Å². The zero-order chi connectivity index (χ0) is 13.4. The Hall–Kier alpha value is -0.860. The molecular weight excluding hydrogens is 244 g/mol. The molecule has 1 N–H and O–H groups in total. The van der Waals surface area contributed by atoms with Crippen molar-refractivity contribution in [3.63, 3.8) is 0 Å². The van der Waals surface area contributed by atoms with Crippen LogP contribution in [0, 0.1) is 5.92 Å². The molecule has 1 saturated heterocycles. The molecule has 3 unspecified atom stereocenters. The van der Waals surface area contributed by atoms with Crippen LogP contribution < -0.4 is 5.32 Å². The Labute approximate surface area is 122 Å². The molecule has 1 aliphatic carbocycles. The molecule has 2 fully saturated rings. The zero-order valence-electron chi connectivity index (χ0n) is 12.4. The van der Waals surface area contributed by atoms with Crippen LogP contribution in [0.1, 0.15) is 49.7 Å². The maximum absolute atomic E-state index is 3.97. The van der Waals surface area contributed by atoms with Gasteiger partial charge in [-0.15, -0.1) is 0 Å². The fourth-order valence-corrected chi connectivity index (χ4v) is 4.56. The minimum absolute atomic E-state index is 0.726. The van der Waals surface area contributed by atoms with Crippen LogP contribution in [0.5, 0.6) is 0 Å². The summed E-state index contributed by atoms with van der Waals surface area (Å²) in [5, 5.41) is 3.97. The van der Waals surface area contributed by atoms with E-state index in [0.717, 1.165) is 31.1 Å². The van der Waals surface area contributed by atoms with Gasteiger partial charge in [-0.25, -0.2) is 0 Å². The number of nitrogens with zero attached hydrogens (tertiary/aromatic N) is 1. The summed E-state index contributed by atoms with van der Waals surface area (Å²) in [4.78, 5) is 2.63. The molecule has 2 aliphatic heterocycles.